The summed E-state index contributed by atoms with van der Waals surface area (Å²) in [7, 11) is 0. The van der Waals surface area contributed by atoms with E-state index in [1.807, 2.05) is 31.2 Å². The third kappa shape index (κ3) is 3.32. The van der Waals surface area contributed by atoms with Crippen molar-refractivity contribution in [1.29, 1.82) is 0 Å². The Bertz CT molecular complexity index is 784. The van der Waals surface area contributed by atoms with E-state index in [4.69, 9.17) is 8.94 Å². The van der Waals surface area contributed by atoms with Crippen molar-refractivity contribution < 1.29 is 13.7 Å². The van der Waals surface area contributed by atoms with E-state index in [0.717, 1.165) is 5.56 Å². The number of benzene rings is 1. The predicted molar refractivity (Wildman–Crippen MR) is 83.0 cm³/mol. The maximum absolute atomic E-state index is 11.8. The highest BCUT2D eigenvalue weighted by molar-refractivity contribution is 6.01. The van der Waals surface area contributed by atoms with Gasteiger partial charge in [-0.3, -0.25) is 10.1 Å². The number of furan rings is 1. The Morgan fingerprint density at radius 3 is 2.77 bits per heavy atom. The molecule has 0 aliphatic heterocycles. The summed E-state index contributed by atoms with van der Waals surface area (Å²) in [5.74, 6) is 0.584. The van der Waals surface area contributed by atoms with Gasteiger partial charge in [0.15, 0.2) is 0 Å². The number of aryl methyl sites for hydroxylation is 1. The number of carbonyl (C=O) groups excluding carboxylic acids is 1. The monoisotopic (exact) mass is 294 g/mol. The molecule has 0 saturated heterocycles. The van der Waals surface area contributed by atoms with E-state index in [2.05, 4.69) is 10.5 Å². The molecule has 22 heavy (non-hydrogen) atoms. The lowest BCUT2D eigenvalue weighted by Crippen LogP contribution is -2.06. The molecule has 1 N–H and O–H groups in total. The number of aromatic nitrogens is 1. The minimum absolute atomic E-state index is 0.296. The molecular formula is C17H14N2O3. The minimum atomic E-state index is -0.317. The van der Waals surface area contributed by atoms with Gasteiger partial charge in [-0.05, 0) is 25.1 Å². The maximum atomic E-state index is 11.8. The van der Waals surface area contributed by atoms with E-state index < -0.39 is 0 Å². The largest absolute Gasteiger partial charge is 0.465 e. The summed E-state index contributed by atoms with van der Waals surface area (Å²) in [6, 6.07) is 13.1. The zero-order chi connectivity index (χ0) is 15.4. The molecule has 3 rings (SSSR count). The van der Waals surface area contributed by atoms with Crippen LogP contribution in [-0.2, 0) is 4.79 Å². The average molecular weight is 294 g/mol. The van der Waals surface area contributed by atoms with Crippen molar-refractivity contribution in [3.05, 3.63) is 66.1 Å². The first-order chi connectivity index (χ1) is 10.7. The molecule has 0 aliphatic rings. The third-order valence-corrected chi connectivity index (χ3v) is 3.05. The van der Waals surface area contributed by atoms with Gasteiger partial charge in [0.2, 0.25) is 5.88 Å². The number of nitrogens with one attached hydrogen (secondary N) is 1. The fourth-order valence-electron chi connectivity index (χ4n) is 1.90. The average Bonchev–Trinajstić information content (AvgIpc) is 3.17. The van der Waals surface area contributed by atoms with E-state index in [9.17, 15) is 4.79 Å². The lowest BCUT2D eigenvalue weighted by atomic mass is 10.1. The standard InChI is InChI=1S/C17H14N2O3/c1-12-4-6-13(7-5-12)15-11-17(22-19-15)18-16(20)9-8-14-3-2-10-21-14/h2-11H,1H3,(H,18,20). The van der Waals surface area contributed by atoms with Crippen LogP contribution >= 0.6 is 0 Å². The molecule has 2 heterocycles. The van der Waals surface area contributed by atoms with Gasteiger partial charge >= 0.3 is 0 Å². The lowest BCUT2D eigenvalue weighted by Gasteiger charge is -1.95. The number of carbonyl (C=O) groups is 1. The molecule has 0 atom stereocenters. The van der Waals surface area contributed by atoms with Gasteiger partial charge in [-0.1, -0.05) is 35.0 Å². The fourth-order valence-corrected chi connectivity index (χ4v) is 1.90. The Kier molecular flexibility index (Phi) is 3.87. The zero-order valence-corrected chi connectivity index (χ0v) is 11.9. The fraction of sp³-hybridized carbons (Fsp3) is 0.0588. The Morgan fingerprint density at radius 2 is 2.05 bits per heavy atom. The summed E-state index contributed by atoms with van der Waals surface area (Å²) in [6.45, 7) is 2.02. The molecule has 0 saturated carbocycles. The molecule has 0 unspecified atom stereocenters. The second kappa shape index (κ2) is 6.13. The van der Waals surface area contributed by atoms with Gasteiger partial charge in [0.1, 0.15) is 11.5 Å². The van der Waals surface area contributed by atoms with Crippen LogP contribution in [0.2, 0.25) is 0 Å². The SMILES string of the molecule is Cc1ccc(-c2cc(NC(=O)C=Cc3ccco3)on2)cc1. The number of anilines is 1. The minimum Gasteiger partial charge on any atom is -0.465 e. The number of nitrogens with zero attached hydrogens (tertiary/aromatic N) is 1. The highest BCUT2D eigenvalue weighted by Crippen LogP contribution is 2.22. The topological polar surface area (TPSA) is 68.3 Å². The Balaban J connectivity index is 1.66. The van der Waals surface area contributed by atoms with Crippen molar-refractivity contribution in [3.63, 3.8) is 0 Å². The quantitative estimate of drug-likeness (QED) is 0.741. The molecular weight excluding hydrogens is 280 g/mol. The van der Waals surface area contributed by atoms with Crippen LogP contribution in [0.5, 0.6) is 0 Å². The Morgan fingerprint density at radius 1 is 1.23 bits per heavy atom. The molecule has 0 bridgehead atoms. The summed E-state index contributed by atoms with van der Waals surface area (Å²) in [5, 5.41) is 6.56. The van der Waals surface area contributed by atoms with Crippen molar-refractivity contribution in [3.8, 4) is 11.3 Å². The molecule has 0 radical (unpaired) electrons. The third-order valence-electron chi connectivity index (χ3n) is 3.05. The first-order valence-electron chi connectivity index (χ1n) is 6.77. The Labute approximate surface area is 127 Å². The van der Waals surface area contributed by atoms with Crippen LogP contribution in [0.25, 0.3) is 17.3 Å². The summed E-state index contributed by atoms with van der Waals surface area (Å²) in [5.41, 5.74) is 2.77. The van der Waals surface area contributed by atoms with Crippen molar-refractivity contribution in [1.82, 2.24) is 5.16 Å². The summed E-state index contributed by atoms with van der Waals surface area (Å²) in [4.78, 5) is 11.8. The van der Waals surface area contributed by atoms with Crippen LogP contribution in [0.1, 0.15) is 11.3 Å². The van der Waals surface area contributed by atoms with E-state index in [1.165, 1.54) is 11.6 Å². The molecule has 0 spiro atoms. The molecule has 0 aliphatic carbocycles. The van der Waals surface area contributed by atoms with Gasteiger partial charge in [0.05, 0.1) is 6.26 Å². The number of hydrogen-bond donors (Lipinski definition) is 1. The van der Waals surface area contributed by atoms with Gasteiger partial charge < -0.3 is 8.94 Å². The van der Waals surface area contributed by atoms with Crippen molar-refractivity contribution in [2.45, 2.75) is 6.92 Å². The van der Waals surface area contributed by atoms with Gasteiger partial charge in [-0.25, -0.2) is 0 Å². The van der Waals surface area contributed by atoms with Crippen LogP contribution in [0, 0.1) is 6.92 Å². The lowest BCUT2D eigenvalue weighted by molar-refractivity contribution is -0.112. The normalized spacial score (nSPS) is 11.0. The zero-order valence-electron chi connectivity index (χ0n) is 11.9. The van der Waals surface area contributed by atoms with Crippen LogP contribution in [-0.4, -0.2) is 11.1 Å². The smallest absolute Gasteiger partial charge is 0.250 e. The molecule has 0 fully saturated rings. The number of amides is 1. The highest BCUT2D eigenvalue weighted by atomic mass is 16.5. The van der Waals surface area contributed by atoms with E-state index >= 15 is 0 Å². The number of rotatable bonds is 4. The van der Waals surface area contributed by atoms with E-state index in [0.29, 0.717) is 17.3 Å². The van der Waals surface area contributed by atoms with Crippen molar-refractivity contribution >= 4 is 17.9 Å². The summed E-state index contributed by atoms with van der Waals surface area (Å²) in [6.07, 6.45) is 4.49. The van der Waals surface area contributed by atoms with Gasteiger partial charge in [-0.15, -0.1) is 0 Å². The molecule has 110 valence electrons. The van der Waals surface area contributed by atoms with E-state index in [1.54, 1.807) is 30.5 Å². The Hall–Kier alpha value is -3.08. The van der Waals surface area contributed by atoms with Crippen LogP contribution in [0.3, 0.4) is 0 Å². The van der Waals surface area contributed by atoms with Gasteiger partial charge in [-0.2, -0.15) is 0 Å². The molecule has 3 aromatic rings. The van der Waals surface area contributed by atoms with E-state index in [-0.39, 0.29) is 5.91 Å². The second-order valence-electron chi connectivity index (χ2n) is 4.78. The summed E-state index contributed by atoms with van der Waals surface area (Å²) >= 11 is 0. The van der Waals surface area contributed by atoms with Crippen LogP contribution < -0.4 is 5.32 Å². The maximum Gasteiger partial charge on any atom is 0.250 e. The van der Waals surface area contributed by atoms with Gasteiger partial charge in [0.25, 0.3) is 5.91 Å². The first kappa shape index (κ1) is 13.9. The van der Waals surface area contributed by atoms with Crippen molar-refractivity contribution in [2.24, 2.45) is 0 Å². The molecule has 1 aromatic carbocycles. The molecule has 5 heteroatoms. The predicted octanol–water partition coefficient (Wildman–Crippen LogP) is 3.89. The van der Waals surface area contributed by atoms with Crippen LogP contribution in [0.4, 0.5) is 5.88 Å². The summed E-state index contributed by atoms with van der Waals surface area (Å²) < 4.78 is 10.2. The number of hydrogen-bond acceptors (Lipinski definition) is 4. The molecule has 2 aromatic heterocycles. The van der Waals surface area contributed by atoms with Gasteiger partial charge in [0, 0.05) is 17.7 Å². The highest BCUT2D eigenvalue weighted by Gasteiger charge is 2.08. The first-order valence-corrected chi connectivity index (χ1v) is 6.77. The second-order valence-corrected chi connectivity index (χ2v) is 4.78. The van der Waals surface area contributed by atoms with Crippen LogP contribution in [0.15, 0.2) is 63.7 Å². The van der Waals surface area contributed by atoms with Crippen molar-refractivity contribution in [2.75, 3.05) is 5.32 Å². The molecule has 1 amide bonds. The molecule has 5 nitrogen and oxygen atoms in total.